The largest absolute Gasteiger partial charge is 0.481 e. The fourth-order valence-electron chi connectivity index (χ4n) is 1.75. The van der Waals surface area contributed by atoms with Crippen molar-refractivity contribution in [2.45, 2.75) is 0 Å². The van der Waals surface area contributed by atoms with E-state index in [2.05, 4.69) is 14.8 Å². The topological polar surface area (TPSA) is 43.8 Å². The molecule has 0 saturated heterocycles. The molecule has 0 spiro atoms. The van der Waals surface area contributed by atoms with Crippen molar-refractivity contribution in [2.75, 3.05) is 7.11 Å². The molecule has 3 rings (SSSR count). The van der Waals surface area contributed by atoms with Crippen LogP contribution in [0.25, 0.3) is 21.7 Å². The second-order valence-electron chi connectivity index (χ2n) is 3.54. The third kappa shape index (κ3) is 1.39. The van der Waals surface area contributed by atoms with E-state index in [1.54, 1.807) is 25.4 Å². The van der Waals surface area contributed by atoms with Crippen LogP contribution in [0, 0.1) is 6.57 Å². The smallest absolute Gasteiger partial charge is 0.215 e. The predicted octanol–water partition coefficient (Wildman–Crippen LogP) is 2.44. The summed E-state index contributed by atoms with van der Waals surface area (Å²) in [6.07, 6.45) is 1.76. The fraction of sp³-hybridized carbons (Fsp3) is 0.0833. The van der Waals surface area contributed by atoms with Gasteiger partial charge in [-0.05, 0) is 12.1 Å². The first kappa shape index (κ1) is 9.60. The third-order valence-electron chi connectivity index (χ3n) is 2.56. The van der Waals surface area contributed by atoms with Gasteiger partial charge in [-0.2, -0.15) is 4.98 Å². The maximum absolute atomic E-state index is 7.00. The summed E-state index contributed by atoms with van der Waals surface area (Å²) in [6, 6.07) is 7.21. The third-order valence-corrected chi connectivity index (χ3v) is 2.56. The van der Waals surface area contributed by atoms with Crippen LogP contribution in [-0.4, -0.2) is 21.5 Å². The van der Waals surface area contributed by atoms with Crippen LogP contribution in [0.15, 0.2) is 30.5 Å². The SMILES string of the molecule is [C-]#[N+]c1ccc2nc3nc(OC)ccc3n2c1. The van der Waals surface area contributed by atoms with Gasteiger partial charge in [0, 0.05) is 12.3 Å². The number of imidazole rings is 1. The van der Waals surface area contributed by atoms with Gasteiger partial charge < -0.3 is 9.14 Å². The molecule has 3 heterocycles. The summed E-state index contributed by atoms with van der Waals surface area (Å²) in [4.78, 5) is 12.0. The van der Waals surface area contributed by atoms with Gasteiger partial charge in [0.05, 0.1) is 19.2 Å². The van der Waals surface area contributed by atoms with Crippen LogP contribution in [0.3, 0.4) is 0 Å². The van der Waals surface area contributed by atoms with Gasteiger partial charge >= 0.3 is 0 Å². The summed E-state index contributed by atoms with van der Waals surface area (Å²) in [5.74, 6) is 0.534. The molecule has 0 fully saturated rings. The lowest BCUT2D eigenvalue weighted by atomic mass is 10.4. The Morgan fingerprint density at radius 1 is 1.24 bits per heavy atom. The van der Waals surface area contributed by atoms with Crippen LogP contribution < -0.4 is 4.74 Å². The molecule has 0 radical (unpaired) electrons. The zero-order valence-corrected chi connectivity index (χ0v) is 9.08. The lowest BCUT2D eigenvalue weighted by molar-refractivity contribution is 0.399. The molecular formula is C12H8N4O. The van der Waals surface area contributed by atoms with Gasteiger partial charge in [-0.3, -0.25) is 0 Å². The molecule has 3 aromatic heterocycles. The second-order valence-corrected chi connectivity index (χ2v) is 3.54. The van der Waals surface area contributed by atoms with Crippen LogP contribution in [-0.2, 0) is 0 Å². The number of hydrogen-bond acceptors (Lipinski definition) is 3. The van der Waals surface area contributed by atoms with Crippen molar-refractivity contribution in [3.05, 3.63) is 41.9 Å². The number of pyridine rings is 2. The van der Waals surface area contributed by atoms with E-state index in [-0.39, 0.29) is 0 Å². The van der Waals surface area contributed by atoms with Gasteiger partial charge in [0.2, 0.25) is 11.6 Å². The van der Waals surface area contributed by atoms with E-state index < -0.39 is 0 Å². The zero-order chi connectivity index (χ0) is 11.8. The van der Waals surface area contributed by atoms with Gasteiger partial charge in [0.15, 0.2) is 5.65 Å². The van der Waals surface area contributed by atoms with Gasteiger partial charge in [-0.15, -0.1) is 0 Å². The van der Waals surface area contributed by atoms with Crippen LogP contribution in [0.5, 0.6) is 5.88 Å². The van der Waals surface area contributed by atoms with Crippen molar-refractivity contribution in [2.24, 2.45) is 0 Å². The average molecular weight is 224 g/mol. The number of fused-ring (bicyclic) bond motifs is 3. The highest BCUT2D eigenvalue weighted by Gasteiger charge is 2.07. The lowest BCUT2D eigenvalue weighted by Gasteiger charge is -1.98. The summed E-state index contributed by atoms with van der Waals surface area (Å²) >= 11 is 0. The second kappa shape index (κ2) is 3.46. The summed E-state index contributed by atoms with van der Waals surface area (Å²) in [7, 11) is 1.57. The van der Waals surface area contributed by atoms with Crippen molar-refractivity contribution in [1.82, 2.24) is 14.4 Å². The molecule has 5 heteroatoms. The zero-order valence-electron chi connectivity index (χ0n) is 9.08. The number of rotatable bonds is 1. The molecule has 0 aliphatic rings. The predicted molar refractivity (Wildman–Crippen MR) is 63.3 cm³/mol. The molecule has 0 bridgehead atoms. The van der Waals surface area contributed by atoms with Crippen molar-refractivity contribution in [1.29, 1.82) is 0 Å². The Hall–Kier alpha value is -2.61. The molecule has 17 heavy (non-hydrogen) atoms. The van der Waals surface area contributed by atoms with E-state index >= 15 is 0 Å². The highest BCUT2D eigenvalue weighted by molar-refractivity contribution is 5.78. The Morgan fingerprint density at radius 2 is 2.12 bits per heavy atom. The number of aromatic nitrogens is 3. The maximum atomic E-state index is 7.00. The number of nitrogens with zero attached hydrogens (tertiary/aromatic N) is 4. The minimum absolute atomic E-state index is 0.534. The van der Waals surface area contributed by atoms with Crippen LogP contribution in [0.1, 0.15) is 0 Å². The van der Waals surface area contributed by atoms with E-state index in [0.29, 0.717) is 17.2 Å². The number of ether oxygens (including phenoxy) is 1. The Morgan fingerprint density at radius 3 is 2.88 bits per heavy atom. The number of hydrogen-bond donors (Lipinski definition) is 0. The van der Waals surface area contributed by atoms with Gasteiger partial charge in [-0.1, -0.05) is 6.07 Å². The first-order valence-corrected chi connectivity index (χ1v) is 5.02. The van der Waals surface area contributed by atoms with Crippen molar-refractivity contribution in [3.8, 4) is 5.88 Å². The quantitative estimate of drug-likeness (QED) is 0.596. The Bertz CT molecular complexity index is 754. The summed E-state index contributed by atoms with van der Waals surface area (Å²) in [5, 5.41) is 0. The first-order chi connectivity index (χ1) is 8.31. The molecule has 0 amide bonds. The maximum Gasteiger partial charge on any atom is 0.215 e. The van der Waals surface area contributed by atoms with E-state index in [4.69, 9.17) is 11.3 Å². The molecule has 0 N–H and O–H groups in total. The molecule has 3 aromatic rings. The van der Waals surface area contributed by atoms with E-state index in [0.717, 1.165) is 11.2 Å². The Labute approximate surface area is 97.1 Å². The van der Waals surface area contributed by atoms with Gasteiger partial charge in [-0.25, -0.2) is 9.83 Å². The molecule has 0 aromatic carbocycles. The molecule has 0 aliphatic carbocycles. The highest BCUT2D eigenvalue weighted by atomic mass is 16.5. The molecule has 0 unspecified atom stereocenters. The van der Waals surface area contributed by atoms with Gasteiger partial charge in [0.25, 0.3) is 0 Å². The van der Waals surface area contributed by atoms with E-state index in [1.165, 1.54) is 0 Å². The summed E-state index contributed by atoms with van der Waals surface area (Å²) < 4.78 is 6.91. The molecule has 5 nitrogen and oxygen atoms in total. The highest BCUT2D eigenvalue weighted by Crippen LogP contribution is 2.21. The minimum Gasteiger partial charge on any atom is -0.481 e. The first-order valence-electron chi connectivity index (χ1n) is 5.02. The average Bonchev–Trinajstić information content (AvgIpc) is 2.74. The summed E-state index contributed by atoms with van der Waals surface area (Å²) in [5.41, 5.74) is 2.83. The van der Waals surface area contributed by atoms with Crippen molar-refractivity contribution >= 4 is 22.5 Å². The van der Waals surface area contributed by atoms with Crippen LogP contribution in [0.4, 0.5) is 5.69 Å². The van der Waals surface area contributed by atoms with Crippen molar-refractivity contribution < 1.29 is 4.74 Å². The molecule has 0 atom stereocenters. The van der Waals surface area contributed by atoms with E-state index in [9.17, 15) is 0 Å². The van der Waals surface area contributed by atoms with Gasteiger partial charge in [0.1, 0.15) is 5.65 Å². The summed E-state index contributed by atoms with van der Waals surface area (Å²) in [6.45, 7) is 7.00. The Balaban J connectivity index is 2.39. The molecular weight excluding hydrogens is 216 g/mol. The van der Waals surface area contributed by atoms with Crippen LogP contribution >= 0.6 is 0 Å². The lowest BCUT2D eigenvalue weighted by Crippen LogP contribution is -1.87. The molecule has 0 aliphatic heterocycles. The monoisotopic (exact) mass is 224 g/mol. The molecule has 82 valence electrons. The van der Waals surface area contributed by atoms with E-state index in [1.807, 2.05) is 16.5 Å². The number of methoxy groups -OCH3 is 1. The fourth-order valence-corrected chi connectivity index (χ4v) is 1.75. The minimum atomic E-state index is 0.534. The normalized spacial score (nSPS) is 10.6. The Kier molecular flexibility index (Phi) is 1.95. The standard InChI is InChI=1S/C12H8N4O/c1-13-8-3-5-10-14-12-9(16(10)7-8)4-6-11(15-12)17-2/h3-7H,2H3. The molecule has 0 saturated carbocycles. The van der Waals surface area contributed by atoms with Crippen molar-refractivity contribution in [3.63, 3.8) is 0 Å². The van der Waals surface area contributed by atoms with Crippen LogP contribution in [0.2, 0.25) is 0 Å².